The number of hydrogen-bond acceptors (Lipinski definition) is 3. The Morgan fingerprint density at radius 2 is 1.81 bits per heavy atom. The molecule has 21 heavy (non-hydrogen) atoms. The minimum absolute atomic E-state index is 0.0561. The van der Waals surface area contributed by atoms with Crippen molar-refractivity contribution in [1.29, 1.82) is 0 Å². The first-order valence-corrected chi connectivity index (χ1v) is 8.02. The molecule has 0 aromatic heterocycles. The van der Waals surface area contributed by atoms with Gasteiger partial charge in [0.2, 0.25) is 0 Å². The van der Waals surface area contributed by atoms with E-state index in [1.165, 1.54) is 18.2 Å². The van der Waals surface area contributed by atoms with Crippen LogP contribution >= 0.6 is 15.9 Å². The summed E-state index contributed by atoms with van der Waals surface area (Å²) in [6.45, 7) is 1.56. The van der Waals surface area contributed by atoms with E-state index in [1.54, 1.807) is 6.92 Å². The largest absolute Gasteiger partial charge is 0.399 e. The maximum atomic E-state index is 13.7. The van der Waals surface area contributed by atoms with Crippen LogP contribution in [0.4, 0.5) is 20.2 Å². The van der Waals surface area contributed by atoms with Crippen molar-refractivity contribution in [1.82, 2.24) is 0 Å². The molecule has 2 aromatic rings. The van der Waals surface area contributed by atoms with Crippen molar-refractivity contribution in [3.63, 3.8) is 0 Å². The molecule has 3 N–H and O–H groups in total. The molecule has 0 saturated heterocycles. The standard InChI is InChI=1S/C13H11BrF2N2O2S/c1-7-4-8(17)2-3-13(7)21(19,20)18-12-6-10(15)9(14)5-11(12)16/h2-6,18H,17H2,1H3. The van der Waals surface area contributed by atoms with E-state index in [0.717, 1.165) is 12.1 Å². The quantitative estimate of drug-likeness (QED) is 0.636. The van der Waals surface area contributed by atoms with E-state index in [4.69, 9.17) is 5.73 Å². The zero-order chi connectivity index (χ0) is 15.8. The molecule has 0 spiro atoms. The van der Waals surface area contributed by atoms with Crippen molar-refractivity contribution in [2.24, 2.45) is 0 Å². The van der Waals surface area contributed by atoms with Crippen molar-refractivity contribution in [2.75, 3.05) is 10.5 Å². The van der Waals surface area contributed by atoms with Crippen LogP contribution in [0.2, 0.25) is 0 Å². The SMILES string of the molecule is Cc1cc(N)ccc1S(=O)(=O)Nc1cc(F)c(Br)cc1F. The van der Waals surface area contributed by atoms with Crippen molar-refractivity contribution in [3.05, 3.63) is 52.0 Å². The summed E-state index contributed by atoms with van der Waals surface area (Å²) < 4.78 is 53.5. The fourth-order valence-electron chi connectivity index (χ4n) is 1.77. The third-order valence-electron chi connectivity index (χ3n) is 2.74. The van der Waals surface area contributed by atoms with E-state index in [9.17, 15) is 17.2 Å². The summed E-state index contributed by atoms with van der Waals surface area (Å²) in [5, 5.41) is 0. The van der Waals surface area contributed by atoms with Gasteiger partial charge in [-0.05, 0) is 52.7 Å². The lowest BCUT2D eigenvalue weighted by Gasteiger charge is -2.12. The highest BCUT2D eigenvalue weighted by molar-refractivity contribution is 9.10. The van der Waals surface area contributed by atoms with Crippen molar-refractivity contribution in [3.8, 4) is 0 Å². The molecule has 2 rings (SSSR count). The Morgan fingerprint density at radius 3 is 2.43 bits per heavy atom. The lowest BCUT2D eigenvalue weighted by atomic mass is 10.2. The van der Waals surface area contributed by atoms with Crippen molar-refractivity contribution < 1.29 is 17.2 Å². The Hall–Kier alpha value is -1.67. The van der Waals surface area contributed by atoms with E-state index < -0.39 is 27.3 Å². The van der Waals surface area contributed by atoms with Gasteiger partial charge >= 0.3 is 0 Å². The number of nitrogens with one attached hydrogen (secondary N) is 1. The number of rotatable bonds is 3. The van der Waals surface area contributed by atoms with Crippen molar-refractivity contribution in [2.45, 2.75) is 11.8 Å². The van der Waals surface area contributed by atoms with Crippen LogP contribution in [0.5, 0.6) is 0 Å². The van der Waals surface area contributed by atoms with Crippen LogP contribution in [0.25, 0.3) is 0 Å². The van der Waals surface area contributed by atoms with E-state index in [1.807, 2.05) is 4.72 Å². The summed E-state index contributed by atoms with van der Waals surface area (Å²) in [6, 6.07) is 5.82. The highest BCUT2D eigenvalue weighted by Gasteiger charge is 2.19. The van der Waals surface area contributed by atoms with E-state index in [2.05, 4.69) is 15.9 Å². The normalized spacial score (nSPS) is 11.4. The molecule has 0 radical (unpaired) electrons. The van der Waals surface area contributed by atoms with Gasteiger partial charge in [-0.3, -0.25) is 4.72 Å². The number of aryl methyl sites for hydroxylation is 1. The van der Waals surface area contributed by atoms with Gasteiger partial charge in [0.05, 0.1) is 15.1 Å². The lowest BCUT2D eigenvalue weighted by Crippen LogP contribution is -2.15. The third-order valence-corrected chi connectivity index (χ3v) is 4.88. The maximum absolute atomic E-state index is 13.7. The van der Waals surface area contributed by atoms with Crippen LogP contribution in [-0.4, -0.2) is 8.42 Å². The highest BCUT2D eigenvalue weighted by atomic mass is 79.9. The van der Waals surface area contributed by atoms with Crippen LogP contribution in [0.15, 0.2) is 39.7 Å². The van der Waals surface area contributed by atoms with E-state index >= 15 is 0 Å². The van der Waals surface area contributed by atoms with Gasteiger partial charge in [-0.1, -0.05) is 0 Å². The predicted molar refractivity (Wildman–Crippen MR) is 80.5 cm³/mol. The monoisotopic (exact) mass is 376 g/mol. The molecule has 8 heteroatoms. The molecule has 0 fully saturated rings. The predicted octanol–water partition coefficient (Wildman–Crippen LogP) is 3.42. The molecular weight excluding hydrogens is 366 g/mol. The minimum Gasteiger partial charge on any atom is -0.399 e. The molecule has 4 nitrogen and oxygen atoms in total. The molecule has 0 aliphatic rings. The average Bonchev–Trinajstić information content (AvgIpc) is 2.35. The zero-order valence-electron chi connectivity index (χ0n) is 10.8. The van der Waals surface area contributed by atoms with Crippen LogP contribution in [0.3, 0.4) is 0 Å². The second kappa shape index (κ2) is 5.61. The molecule has 0 saturated carbocycles. The summed E-state index contributed by atoms with van der Waals surface area (Å²) in [5.41, 5.74) is 5.90. The second-order valence-corrected chi connectivity index (χ2v) is 6.88. The van der Waals surface area contributed by atoms with Gasteiger partial charge in [-0.2, -0.15) is 0 Å². The fourth-order valence-corrected chi connectivity index (χ4v) is 3.38. The Kier molecular flexibility index (Phi) is 4.20. The second-order valence-electron chi connectivity index (χ2n) is 4.38. The number of nitrogens with two attached hydrogens (primary N) is 1. The number of benzene rings is 2. The number of hydrogen-bond donors (Lipinski definition) is 2. The number of nitrogen functional groups attached to an aromatic ring is 1. The van der Waals surface area contributed by atoms with Crippen LogP contribution in [0.1, 0.15) is 5.56 Å². The summed E-state index contributed by atoms with van der Waals surface area (Å²) >= 11 is 2.82. The average molecular weight is 377 g/mol. The molecule has 0 atom stereocenters. The first kappa shape index (κ1) is 15.7. The topological polar surface area (TPSA) is 72.2 Å². The van der Waals surface area contributed by atoms with Gasteiger partial charge in [0, 0.05) is 11.8 Å². The van der Waals surface area contributed by atoms with Gasteiger partial charge in [0.25, 0.3) is 10.0 Å². The number of halogens is 3. The van der Waals surface area contributed by atoms with Crippen LogP contribution in [0, 0.1) is 18.6 Å². The minimum atomic E-state index is -4.04. The molecule has 0 aliphatic carbocycles. The summed E-state index contributed by atoms with van der Waals surface area (Å²) in [4.78, 5) is -0.0561. The maximum Gasteiger partial charge on any atom is 0.262 e. The zero-order valence-corrected chi connectivity index (χ0v) is 13.2. The molecule has 2 aromatic carbocycles. The lowest BCUT2D eigenvalue weighted by molar-refractivity contribution is 0.591. The Balaban J connectivity index is 2.45. The summed E-state index contributed by atoms with van der Waals surface area (Å²) in [5.74, 6) is -1.66. The van der Waals surface area contributed by atoms with E-state index in [-0.39, 0.29) is 9.37 Å². The molecule has 0 bridgehead atoms. The molecule has 0 unspecified atom stereocenters. The highest BCUT2D eigenvalue weighted by Crippen LogP contribution is 2.26. The smallest absolute Gasteiger partial charge is 0.262 e. The Labute approximate surface area is 129 Å². The summed E-state index contributed by atoms with van der Waals surface area (Å²) in [7, 11) is -4.04. The first-order chi connectivity index (χ1) is 9.70. The molecule has 0 amide bonds. The van der Waals surface area contributed by atoms with E-state index in [0.29, 0.717) is 11.3 Å². The van der Waals surface area contributed by atoms with Gasteiger partial charge < -0.3 is 5.73 Å². The fraction of sp³-hybridized carbons (Fsp3) is 0.0769. The van der Waals surface area contributed by atoms with Crippen molar-refractivity contribution >= 4 is 37.3 Å². The molecule has 0 aliphatic heterocycles. The Morgan fingerprint density at radius 1 is 1.14 bits per heavy atom. The number of sulfonamides is 1. The van der Waals surface area contributed by atoms with Crippen LogP contribution in [-0.2, 0) is 10.0 Å². The van der Waals surface area contributed by atoms with Gasteiger partial charge in [-0.25, -0.2) is 17.2 Å². The molecular formula is C13H11BrF2N2O2S. The molecule has 112 valence electrons. The van der Waals surface area contributed by atoms with Gasteiger partial charge in [0.15, 0.2) is 0 Å². The van der Waals surface area contributed by atoms with Gasteiger partial charge in [0.1, 0.15) is 11.6 Å². The summed E-state index contributed by atoms with van der Waals surface area (Å²) in [6.07, 6.45) is 0. The Bertz CT molecular complexity index is 810. The first-order valence-electron chi connectivity index (χ1n) is 5.74. The molecule has 0 heterocycles. The van der Waals surface area contributed by atoms with Gasteiger partial charge in [-0.15, -0.1) is 0 Å². The third kappa shape index (κ3) is 3.33. The number of anilines is 2. The van der Waals surface area contributed by atoms with Crippen LogP contribution < -0.4 is 10.5 Å².